The van der Waals surface area contributed by atoms with E-state index in [2.05, 4.69) is 10.0 Å². The largest absolute Gasteiger partial charge is 0.480 e. The van der Waals surface area contributed by atoms with Gasteiger partial charge in [0.1, 0.15) is 6.04 Å². The Balaban J connectivity index is 2.50. The highest BCUT2D eigenvalue weighted by Gasteiger charge is 2.23. The summed E-state index contributed by atoms with van der Waals surface area (Å²) in [5.74, 6) is -1.90. The Kier molecular flexibility index (Phi) is 6.51. The molecule has 7 nitrogen and oxygen atoms in total. The van der Waals surface area contributed by atoms with Crippen molar-refractivity contribution in [1.29, 1.82) is 0 Å². The molecule has 0 radical (unpaired) electrons. The van der Waals surface area contributed by atoms with Gasteiger partial charge in [0.15, 0.2) is 0 Å². The van der Waals surface area contributed by atoms with Gasteiger partial charge >= 0.3 is 5.97 Å². The molecule has 122 valence electrons. The number of carbonyl (C=O) groups is 2. The predicted molar refractivity (Wildman–Crippen MR) is 80.7 cm³/mol. The molecule has 0 spiro atoms. The predicted octanol–water partition coefficient (Wildman–Crippen LogP) is 0.580. The summed E-state index contributed by atoms with van der Waals surface area (Å²) in [4.78, 5) is 22.8. The number of hydrogen-bond donors (Lipinski definition) is 3. The van der Waals surface area contributed by atoms with Crippen molar-refractivity contribution < 1.29 is 23.1 Å². The normalized spacial score (nSPS) is 12.9. The van der Waals surface area contributed by atoms with Gasteiger partial charge in [0, 0.05) is 13.0 Å². The van der Waals surface area contributed by atoms with Gasteiger partial charge in [-0.1, -0.05) is 32.0 Å². The van der Waals surface area contributed by atoms with Crippen LogP contribution in [-0.4, -0.2) is 38.0 Å². The fraction of sp³-hybridized carbons (Fsp3) is 0.429. The third-order valence-corrected chi connectivity index (χ3v) is 4.42. The summed E-state index contributed by atoms with van der Waals surface area (Å²) in [6.07, 6.45) is -0.136. The van der Waals surface area contributed by atoms with E-state index >= 15 is 0 Å². The number of hydrogen-bond acceptors (Lipinski definition) is 4. The van der Waals surface area contributed by atoms with Crippen LogP contribution in [0.2, 0.25) is 0 Å². The smallest absolute Gasteiger partial charge is 0.326 e. The first-order valence-corrected chi connectivity index (χ1v) is 8.29. The molecule has 0 aliphatic rings. The van der Waals surface area contributed by atoms with E-state index in [0.29, 0.717) is 0 Å². The van der Waals surface area contributed by atoms with Crippen molar-refractivity contribution in [3.63, 3.8) is 0 Å². The van der Waals surface area contributed by atoms with Crippen molar-refractivity contribution in [3.8, 4) is 0 Å². The molecule has 1 unspecified atom stereocenters. The van der Waals surface area contributed by atoms with Crippen molar-refractivity contribution in [1.82, 2.24) is 10.0 Å². The third-order valence-electron chi connectivity index (χ3n) is 2.95. The number of benzene rings is 1. The van der Waals surface area contributed by atoms with E-state index in [4.69, 9.17) is 5.11 Å². The van der Waals surface area contributed by atoms with E-state index in [-0.39, 0.29) is 23.8 Å². The summed E-state index contributed by atoms with van der Waals surface area (Å²) in [7, 11) is -3.66. The Bertz CT molecular complexity index is 613. The van der Waals surface area contributed by atoms with Crippen LogP contribution in [-0.2, 0) is 19.6 Å². The van der Waals surface area contributed by atoms with Crippen LogP contribution in [0.4, 0.5) is 0 Å². The van der Waals surface area contributed by atoms with Gasteiger partial charge in [-0.05, 0) is 18.1 Å². The summed E-state index contributed by atoms with van der Waals surface area (Å²) in [5.41, 5.74) is 0. The first kappa shape index (κ1) is 18.1. The van der Waals surface area contributed by atoms with Crippen LogP contribution in [0.15, 0.2) is 35.2 Å². The van der Waals surface area contributed by atoms with E-state index in [1.54, 1.807) is 32.0 Å². The number of amides is 1. The topological polar surface area (TPSA) is 113 Å². The number of carboxylic acid groups (broad SMARTS) is 1. The van der Waals surface area contributed by atoms with Crippen LogP contribution in [0.1, 0.15) is 20.3 Å². The van der Waals surface area contributed by atoms with Crippen LogP contribution >= 0.6 is 0 Å². The monoisotopic (exact) mass is 328 g/mol. The zero-order valence-corrected chi connectivity index (χ0v) is 13.3. The highest BCUT2D eigenvalue weighted by molar-refractivity contribution is 7.89. The fourth-order valence-corrected chi connectivity index (χ4v) is 2.79. The molecule has 8 heteroatoms. The molecular weight excluding hydrogens is 308 g/mol. The highest BCUT2D eigenvalue weighted by Crippen LogP contribution is 2.07. The first-order valence-electron chi connectivity index (χ1n) is 6.81. The lowest BCUT2D eigenvalue weighted by atomic mass is 10.0. The van der Waals surface area contributed by atoms with Gasteiger partial charge in [-0.3, -0.25) is 4.79 Å². The molecule has 0 aliphatic heterocycles. The minimum atomic E-state index is -3.66. The maximum atomic E-state index is 11.9. The van der Waals surface area contributed by atoms with Gasteiger partial charge in [-0.25, -0.2) is 17.9 Å². The standard InChI is InChI=1S/C14H20N2O5S/c1-10(2)13(14(18)19)16-12(17)8-9-15-22(20,21)11-6-4-3-5-7-11/h3-7,10,13,15H,8-9H2,1-2H3,(H,16,17)(H,18,19). The quantitative estimate of drug-likeness (QED) is 0.646. The van der Waals surface area contributed by atoms with Crippen molar-refractivity contribution in [3.05, 3.63) is 30.3 Å². The average molecular weight is 328 g/mol. The second kappa shape index (κ2) is 7.90. The summed E-state index contributed by atoms with van der Waals surface area (Å²) in [6.45, 7) is 3.25. The van der Waals surface area contributed by atoms with Gasteiger partial charge in [-0.2, -0.15) is 0 Å². The number of carboxylic acids is 1. The highest BCUT2D eigenvalue weighted by atomic mass is 32.2. The minimum Gasteiger partial charge on any atom is -0.480 e. The van der Waals surface area contributed by atoms with E-state index < -0.39 is 27.9 Å². The van der Waals surface area contributed by atoms with Crippen molar-refractivity contribution in [2.45, 2.75) is 31.2 Å². The molecule has 1 rings (SSSR count). The van der Waals surface area contributed by atoms with Crippen LogP contribution in [0.5, 0.6) is 0 Å². The van der Waals surface area contributed by atoms with Crippen LogP contribution < -0.4 is 10.0 Å². The lowest BCUT2D eigenvalue weighted by Crippen LogP contribution is -2.45. The Hall–Kier alpha value is -1.93. The second-order valence-electron chi connectivity index (χ2n) is 5.09. The van der Waals surface area contributed by atoms with Crippen molar-refractivity contribution in [2.24, 2.45) is 5.92 Å². The summed E-state index contributed by atoms with van der Waals surface area (Å²) in [6, 6.07) is 6.80. The molecule has 0 heterocycles. The summed E-state index contributed by atoms with van der Waals surface area (Å²) >= 11 is 0. The molecule has 1 aromatic rings. The lowest BCUT2D eigenvalue weighted by molar-refractivity contribution is -0.143. The van der Waals surface area contributed by atoms with Crippen LogP contribution in [0.3, 0.4) is 0 Å². The van der Waals surface area contributed by atoms with Gasteiger partial charge in [0.2, 0.25) is 15.9 Å². The molecule has 0 saturated carbocycles. The maximum absolute atomic E-state index is 11.9. The van der Waals surface area contributed by atoms with Crippen molar-refractivity contribution >= 4 is 21.9 Å². The Morgan fingerprint density at radius 2 is 1.77 bits per heavy atom. The SMILES string of the molecule is CC(C)C(NC(=O)CCNS(=O)(=O)c1ccccc1)C(=O)O. The lowest BCUT2D eigenvalue weighted by Gasteiger charge is -2.17. The molecule has 22 heavy (non-hydrogen) atoms. The second-order valence-corrected chi connectivity index (χ2v) is 6.86. The molecule has 0 aromatic heterocycles. The molecule has 1 atom stereocenters. The molecule has 0 bridgehead atoms. The fourth-order valence-electron chi connectivity index (χ4n) is 1.74. The zero-order valence-electron chi connectivity index (χ0n) is 12.4. The molecule has 3 N–H and O–H groups in total. The van der Waals surface area contributed by atoms with Crippen LogP contribution in [0, 0.1) is 5.92 Å². The van der Waals surface area contributed by atoms with Gasteiger partial charge in [0.05, 0.1) is 4.90 Å². The van der Waals surface area contributed by atoms with Crippen LogP contribution in [0.25, 0.3) is 0 Å². The number of sulfonamides is 1. The van der Waals surface area contributed by atoms with Gasteiger partial charge < -0.3 is 10.4 Å². The maximum Gasteiger partial charge on any atom is 0.326 e. The van der Waals surface area contributed by atoms with Gasteiger partial charge in [0.25, 0.3) is 0 Å². The Morgan fingerprint density at radius 3 is 2.27 bits per heavy atom. The number of carbonyl (C=O) groups excluding carboxylic acids is 1. The Morgan fingerprint density at radius 1 is 1.18 bits per heavy atom. The number of rotatable bonds is 8. The van der Waals surface area contributed by atoms with Gasteiger partial charge in [-0.15, -0.1) is 0 Å². The van der Waals surface area contributed by atoms with E-state index in [1.165, 1.54) is 12.1 Å². The minimum absolute atomic E-state index is 0.104. The Labute approximate surface area is 129 Å². The average Bonchev–Trinajstić information content (AvgIpc) is 2.45. The van der Waals surface area contributed by atoms with E-state index in [1.807, 2.05) is 0 Å². The van der Waals surface area contributed by atoms with Crippen molar-refractivity contribution in [2.75, 3.05) is 6.54 Å². The zero-order chi connectivity index (χ0) is 16.8. The summed E-state index contributed by atoms with van der Waals surface area (Å²) in [5, 5.41) is 11.3. The van der Waals surface area contributed by atoms with E-state index in [0.717, 1.165) is 0 Å². The molecule has 0 aliphatic carbocycles. The first-order chi connectivity index (χ1) is 10.2. The number of aliphatic carboxylic acids is 1. The third kappa shape index (κ3) is 5.45. The molecule has 0 saturated heterocycles. The molecule has 1 aromatic carbocycles. The molecule has 0 fully saturated rings. The van der Waals surface area contributed by atoms with E-state index in [9.17, 15) is 18.0 Å². The summed E-state index contributed by atoms with van der Waals surface area (Å²) < 4.78 is 26.1. The molecular formula is C14H20N2O5S. The number of nitrogens with one attached hydrogen (secondary N) is 2. The molecule has 1 amide bonds.